The van der Waals surface area contributed by atoms with Crippen LogP contribution in [0.4, 0.5) is 21.6 Å². The van der Waals surface area contributed by atoms with Gasteiger partial charge in [0.25, 0.3) is 0 Å². The molecule has 0 saturated heterocycles. The summed E-state index contributed by atoms with van der Waals surface area (Å²) in [6, 6.07) is 3.88. The summed E-state index contributed by atoms with van der Waals surface area (Å²) in [5.74, 6) is -1.33. The molecule has 0 aliphatic rings. The third-order valence-electron chi connectivity index (χ3n) is 3.50. The zero-order valence-electron chi connectivity index (χ0n) is 13.1. The Labute approximate surface area is 134 Å². The molecule has 0 unspecified atom stereocenters. The van der Waals surface area contributed by atoms with Crippen molar-refractivity contribution in [2.24, 2.45) is 0 Å². The summed E-state index contributed by atoms with van der Waals surface area (Å²) in [7, 11) is 0. The predicted octanol–water partition coefficient (Wildman–Crippen LogP) is 3.63. The van der Waals surface area contributed by atoms with Gasteiger partial charge in [0.15, 0.2) is 5.82 Å². The molecule has 0 atom stereocenters. The molecule has 0 spiro atoms. The SMILES string of the molecule is CCCCCCn1cc(C(=O)O)c(Nc2ccc(F)cc2N)n1. The summed E-state index contributed by atoms with van der Waals surface area (Å²) in [5.41, 5.74) is 6.41. The van der Waals surface area contributed by atoms with E-state index in [9.17, 15) is 14.3 Å². The van der Waals surface area contributed by atoms with Gasteiger partial charge in [-0.1, -0.05) is 26.2 Å². The van der Waals surface area contributed by atoms with Crippen LogP contribution in [-0.4, -0.2) is 20.9 Å². The molecule has 4 N–H and O–H groups in total. The number of aromatic carboxylic acids is 1. The standard InChI is InChI=1S/C16H21FN4O2/c1-2-3-4-5-8-21-10-12(16(22)23)15(20-21)19-14-7-6-11(17)9-13(14)18/h6-7,9-10H,2-5,8,18H2,1H3,(H,19,20)(H,22,23). The molecule has 7 heteroatoms. The lowest BCUT2D eigenvalue weighted by atomic mass is 10.2. The summed E-state index contributed by atoms with van der Waals surface area (Å²) in [6.07, 6.45) is 5.79. The molecule has 1 aromatic carbocycles. The molecule has 1 aromatic heterocycles. The minimum absolute atomic E-state index is 0.0595. The minimum atomic E-state index is -1.08. The summed E-state index contributed by atoms with van der Waals surface area (Å²) in [6.45, 7) is 2.78. The third-order valence-corrected chi connectivity index (χ3v) is 3.50. The van der Waals surface area contributed by atoms with Crippen LogP contribution >= 0.6 is 0 Å². The molecule has 0 aliphatic heterocycles. The largest absolute Gasteiger partial charge is 0.477 e. The van der Waals surface area contributed by atoms with Gasteiger partial charge in [0.2, 0.25) is 0 Å². The lowest BCUT2D eigenvalue weighted by Crippen LogP contribution is -2.03. The number of anilines is 3. The highest BCUT2D eigenvalue weighted by Gasteiger charge is 2.16. The quantitative estimate of drug-likeness (QED) is 0.510. The second-order valence-corrected chi connectivity index (χ2v) is 5.38. The number of rotatable bonds is 8. The first-order valence-corrected chi connectivity index (χ1v) is 7.64. The topological polar surface area (TPSA) is 93.2 Å². The van der Waals surface area contributed by atoms with Crippen LogP contribution in [0.15, 0.2) is 24.4 Å². The van der Waals surface area contributed by atoms with Crippen LogP contribution in [0.5, 0.6) is 0 Å². The van der Waals surface area contributed by atoms with E-state index in [1.807, 2.05) is 0 Å². The van der Waals surface area contributed by atoms with Gasteiger partial charge in [-0.3, -0.25) is 4.68 Å². The van der Waals surface area contributed by atoms with Crippen LogP contribution < -0.4 is 11.1 Å². The highest BCUT2D eigenvalue weighted by atomic mass is 19.1. The lowest BCUT2D eigenvalue weighted by Gasteiger charge is -2.07. The van der Waals surface area contributed by atoms with E-state index in [4.69, 9.17) is 5.73 Å². The van der Waals surface area contributed by atoms with Gasteiger partial charge in [0.05, 0.1) is 11.4 Å². The molecule has 2 rings (SSSR count). The number of carbonyl (C=O) groups is 1. The smallest absolute Gasteiger partial charge is 0.341 e. The number of hydrogen-bond acceptors (Lipinski definition) is 4. The van der Waals surface area contributed by atoms with Crippen LogP contribution in [-0.2, 0) is 6.54 Å². The minimum Gasteiger partial charge on any atom is -0.477 e. The molecule has 6 nitrogen and oxygen atoms in total. The number of carboxylic acid groups (broad SMARTS) is 1. The van der Waals surface area contributed by atoms with Gasteiger partial charge in [-0.25, -0.2) is 9.18 Å². The number of aryl methyl sites for hydroxylation is 1. The van der Waals surface area contributed by atoms with Crippen LogP contribution in [0.1, 0.15) is 43.0 Å². The number of halogens is 1. The molecule has 1 heterocycles. The lowest BCUT2D eigenvalue weighted by molar-refractivity contribution is 0.0698. The normalized spacial score (nSPS) is 10.7. The first-order valence-electron chi connectivity index (χ1n) is 7.64. The number of aromatic nitrogens is 2. The average Bonchev–Trinajstić information content (AvgIpc) is 2.90. The van der Waals surface area contributed by atoms with Crippen LogP contribution in [0.3, 0.4) is 0 Å². The maximum absolute atomic E-state index is 13.1. The molecule has 0 amide bonds. The highest BCUT2D eigenvalue weighted by molar-refractivity contribution is 5.94. The number of benzene rings is 1. The summed E-state index contributed by atoms with van der Waals surface area (Å²) in [5, 5.41) is 16.4. The van der Waals surface area contributed by atoms with Crippen molar-refractivity contribution < 1.29 is 14.3 Å². The molecule has 23 heavy (non-hydrogen) atoms. The number of hydrogen-bond donors (Lipinski definition) is 3. The van der Waals surface area contributed by atoms with Gasteiger partial charge in [0, 0.05) is 12.7 Å². The number of unbranched alkanes of at least 4 members (excludes halogenated alkanes) is 3. The fourth-order valence-corrected chi connectivity index (χ4v) is 2.26. The number of nitrogens with one attached hydrogen (secondary N) is 1. The van der Waals surface area contributed by atoms with Crippen molar-refractivity contribution in [1.29, 1.82) is 0 Å². The molecule has 0 radical (unpaired) electrons. The van der Waals surface area contributed by atoms with Crippen molar-refractivity contribution in [2.45, 2.75) is 39.2 Å². The Kier molecular flexibility index (Phi) is 5.56. The first kappa shape index (κ1) is 16.8. The monoisotopic (exact) mass is 320 g/mol. The Morgan fingerprint density at radius 2 is 2.17 bits per heavy atom. The maximum Gasteiger partial charge on any atom is 0.341 e. The third kappa shape index (κ3) is 4.45. The van der Waals surface area contributed by atoms with E-state index in [1.165, 1.54) is 24.4 Å². The van der Waals surface area contributed by atoms with Crippen LogP contribution in [0.2, 0.25) is 0 Å². The van der Waals surface area contributed by atoms with E-state index in [0.29, 0.717) is 12.2 Å². The van der Waals surface area contributed by atoms with Gasteiger partial charge in [0.1, 0.15) is 11.4 Å². The molecule has 0 saturated carbocycles. The fraction of sp³-hybridized carbons (Fsp3) is 0.375. The second kappa shape index (κ2) is 7.62. The fourth-order valence-electron chi connectivity index (χ4n) is 2.26. The Hall–Kier alpha value is -2.57. The molecule has 2 aromatic rings. The van der Waals surface area contributed by atoms with Gasteiger partial charge >= 0.3 is 5.97 Å². The van der Waals surface area contributed by atoms with E-state index in [0.717, 1.165) is 25.7 Å². The number of nitrogens with zero attached hydrogens (tertiary/aromatic N) is 2. The highest BCUT2D eigenvalue weighted by Crippen LogP contribution is 2.25. The van der Waals surface area contributed by atoms with Crippen molar-refractivity contribution in [3.8, 4) is 0 Å². The molecule has 0 fully saturated rings. The van der Waals surface area contributed by atoms with Crippen LogP contribution in [0.25, 0.3) is 0 Å². The number of carboxylic acids is 1. The Bertz CT molecular complexity index is 685. The van der Waals surface area contributed by atoms with Gasteiger partial charge in [-0.05, 0) is 24.6 Å². The molecule has 0 aliphatic carbocycles. The van der Waals surface area contributed by atoms with Crippen molar-refractivity contribution in [2.75, 3.05) is 11.1 Å². The molecular formula is C16H21FN4O2. The van der Waals surface area contributed by atoms with Gasteiger partial charge in [-0.2, -0.15) is 5.10 Å². The summed E-state index contributed by atoms with van der Waals surface area (Å²) >= 11 is 0. The van der Waals surface area contributed by atoms with E-state index >= 15 is 0 Å². The van der Waals surface area contributed by atoms with Crippen molar-refractivity contribution in [1.82, 2.24) is 9.78 Å². The summed E-state index contributed by atoms with van der Waals surface area (Å²) in [4.78, 5) is 11.4. The summed E-state index contributed by atoms with van der Waals surface area (Å²) < 4.78 is 14.7. The first-order chi connectivity index (χ1) is 11.0. The van der Waals surface area contributed by atoms with E-state index in [2.05, 4.69) is 17.3 Å². The number of nitrogens with two attached hydrogens (primary N) is 1. The van der Waals surface area contributed by atoms with Crippen molar-refractivity contribution in [3.05, 3.63) is 35.8 Å². The van der Waals surface area contributed by atoms with Crippen molar-refractivity contribution >= 4 is 23.2 Å². The van der Waals surface area contributed by atoms with Crippen molar-refractivity contribution in [3.63, 3.8) is 0 Å². The van der Waals surface area contributed by atoms with Gasteiger partial charge < -0.3 is 16.2 Å². The Balaban J connectivity index is 2.16. The zero-order valence-corrected chi connectivity index (χ0v) is 13.1. The maximum atomic E-state index is 13.1. The van der Waals surface area contributed by atoms with E-state index < -0.39 is 11.8 Å². The zero-order chi connectivity index (χ0) is 16.8. The Morgan fingerprint density at radius 1 is 1.39 bits per heavy atom. The Morgan fingerprint density at radius 3 is 2.83 bits per heavy atom. The van der Waals surface area contributed by atoms with E-state index in [-0.39, 0.29) is 17.1 Å². The predicted molar refractivity (Wildman–Crippen MR) is 87.4 cm³/mol. The number of nitrogen functional groups attached to an aromatic ring is 1. The van der Waals surface area contributed by atoms with Gasteiger partial charge in [-0.15, -0.1) is 0 Å². The second-order valence-electron chi connectivity index (χ2n) is 5.38. The van der Waals surface area contributed by atoms with E-state index in [1.54, 1.807) is 4.68 Å². The van der Waals surface area contributed by atoms with Crippen LogP contribution in [0, 0.1) is 5.82 Å². The molecule has 0 bridgehead atoms. The molecule has 124 valence electrons. The average molecular weight is 320 g/mol. The molecular weight excluding hydrogens is 299 g/mol.